The van der Waals surface area contributed by atoms with Crippen molar-refractivity contribution >= 4 is 15.9 Å². The summed E-state index contributed by atoms with van der Waals surface area (Å²) in [6.45, 7) is 2.41. The molecule has 0 bridgehead atoms. The van der Waals surface area contributed by atoms with Crippen molar-refractivity contribution < 1.29 is 5.11 Å². The average Bonchev–Trinajstić information content (AvgIpc) is 1.89. The summed E-state index contributed by atoms with van der Waals surface area (Å²) in [4.78, 5) is 0. The molecule has 0 heterocycles. The first-order chi connectivity index (χ1) is 4.81. The molecule has 0 aromatic heterocycles. The van der Waals surface area contributed by atoms with Crippen LogP contribution in [0.1, 0.15) is 32.6 Å². The van der Waals surface area contributed by atoms with Crippen molar-refractivity contribution in [2.45, 2.75) is 32.6 Å². The van der Waals surface area contributed by atoms with Crippen LogP contribution in [0.3, 0.4) is 0 Å². The van der Waals surface area contributed by atoms with Crippen LogP contribution < -0.4 is 0 Å². The lowest BCUT2D eigenvalue weighted by Gasteiger charge is -1.94. The Morgan fingerprint density at radius 3 is 2.80 bits per heavy atom. The molecule has 0 aliphatic rings. The van der Waals surface area contributed by atoms with Crippen molar-refractivity contribution in [3.05, 3.63) is 10.6 Å². The van der Waals surface area contributed by atoms with E-state index >= 15 is 0 Å². The van der Waals surface area contributed by atoms with Gasteiger partial charge >= 0.3 is 0 Å². The summed E-state index contributed by atoms with van der Waals surface area (Å²) in [6.07, 6.45) is 6.48. The van der Waals surface area contributed by atoms with E-state index in [2.05, 4.69) is 28.9 Å². The third kappa shape index (κ3) is 6.30. The molecule has 0 saturated carbocycles. The number of rotatable bonds is 5. The maximum atomic E-state index is 8.52. The van der Waals surface area contributed by atoms with Crippen LogP contribution in [0.25, 0.3) is 0 Å². The largest absolute Gasteiger partial charge is 0.396 e. The molecule has 0 spiro atoms. The van der Waals surface area contributed by atoms with Gasteiger partial charge in [0.1, 0.15) is 0 Å². The molecule has 0 aromatic carbocycles. The van der Waals surface area contributed by atoms with Crippen molar-refractivity contribution in [3.8, 4) is 0 Å². The molecule has 0 unspecified atom stereocenters. The van der Waals surface area contributed by atoms with Crippen LogP contribution in [0.15, 0.2) is 10.6 Å². The summed E-state index contributed by atoms with van der Waals surface area (Å²) in [5.74, 6) is 0. The SMILES string of the molecule is CCCC/C=C(\Br)CCO. The van der Waals surface area contributed by atoms with E-state index in [1.54, 1.807) is 0 Å². The van der Waals surface area contributed by atoms with Crippen molar-refractivity contribution in [1.29, 1.82) is 0 Å². The van der Waals surface area contributed by atoms with E-state index in [1.807, 2.05) is 0 Å². The van der Waals surface area contributed by atoms with Gasteiger partial charge in [0.25, 0.3) is 0 Å². The Bertz CT molecular complexity index is 99.4. The standard InChI is InChI=1S/C8H15BrO/c1-2-3-4-5-8(9)6-7-10/h5,10H,2-4,6-7H2,1H3/b8-5-. The summed E-state index contributed by atoms with van der Waals surface area (Å²) < 4.78 is 1.13. The van der Waals surface area contributed by atoms with Crippen LogP contribution in [-0.4, -0.2) is 11.7 Å². The van der Waals surface area contributed by atoms with Crippen LogP contribution in [0.5, 0.6) is 0 Å². The van der Waals surface area contributed by atoms with Crippen LogP contribution in [0, 0.1) is 0 Å². The second-order valence-electron chi connectivity index (χ2n) is 2.27. The summed E-state index contributed by atoms with van der Waals surface area (Å²) in [7, 11) is 0. The zero-order chi connectivity index (χ0) is 7.82. The van der Waals surface area contributed by atoms with E-state index in [1.165, 1.54) is 12.8 Å². The molecule has 0 aliphatic carbocycles. The first kappa shape index (κ1) is 10.2. The molecule has 10 heavy (non-hydrogen) atoms. The highest BCUT2D eigenvalue weighted by atomic mass is 79.9. The van der Waals surface area contributed by atoms with Gasteiger partial charge in [-0.1, -0.05) is 41.8 Å². The van der Waals surface area contributed by atoms with Gasteiger partial charge in [-0.25, -0.2) is 0 Å². The predicted octanol–water partition coefficient (Wildman–Crippen LogP) is 2.84. The maximum Gasteiger partial charge on any atom is 0.0476 e. The molecule has 0 fully saturated rings. The first-order valence-electron chi connectivity index (χ1n) is 3.76. The number of allylic oxidation sites excluding steroid dienone is 1. The molecule has 0 saturated heterocycles. The van der Waals surface area contributed by atoms with Gasteiger partial charge in [-0.2, -0.15) is 0 Å². The van der Waals surface area contributed by atoms with Crippen LogP contribution >= 0.6 is 15.9 Å². The molecule has 1 N–H and O–H groups in total. The molecule has 0 amide bonds. The number of halogens is 1. The van der Waals surface area contributed by atoms with Gasteiger partial charge in [0.2, 0.25) is 0 Å². The quantitative estimate of drug-likeness (QED) is 0.687. The minimum atomic E-state index is 0.239. The summed E-state index contributed by atoms with van der Waals surface area (Å²) in [5, 5.41) is 8.52. The van der Waals surface area contributed by atoms with Gasteiger partial charge in [0.05, 0.1) is 0 Å². The lowest BCUT2D eigenvalue weighted by atomic mass is 10.2. The van der Waals surface area contributed by atoms with Crippen LogP contribution in [-0.2, 0) is 0 Å². The van der Waals surface area contributed by atoms with Gasteiger partial charge in [-0.15, -0.1) is 0 Å². The zero-order valence-electron chi connectivity index (χ0n) is 6.44. The minimum Gasteiger partial charge on any atom is -0.396 e. The Labute approximate surface area is 71.3 Å². The maximum absolute atomic E-state index is 8.52. The lowest BCUT2D eigenvalue weighted by Crippen LogP contribution is -1.80. The fraction of sp³-hybridized carbons (Fsp3) is 0.750. The van der Waals surface area contributed by atoms with E-state index in [-0.39, 0.29) is 6.61 Å². The smallest absolute Gasteiger partial charge is 0.0476 e. The normalized spacial score (nSPS) is 12.1. The second kappa shape index (κ2) is 7.29. The summed E-state index contributed by atoms with van der Waals surface area (Å²) >= 11 is 3.37. The Hall–Kier alpha value is 0.180. The third-order valence-corrected chi connectivity index (χ3v) is 1.99. The van der Waals surface area contributed by atoms with E-state index in [4.69, 9.17) is 5.11 Å². The van der Waals surface area contributed by atoms with Crippen LogP contribution in [0.4, 0.5) is 0 Å². The molecule has 0 aliphatic heterocycles. The van der Waals surface area contributed by atoms with E-state index < -0.39 is 0 Å². The van der Waals surface area contributed by atoms with Crippen LogP contribution in [0.2, 0.25) is 0 Å². The van der Waals surface area contributed by atoms with Gasteiger partial charge in [0, 0.05) is 13.0 Å². The molecule has 1 nitrogen and oxygen atoms in total. The fourth-order valence-corrected chi connectivity index (χ4v) is 1.08. The summed E-state index contributed by atoms with van der Waals surface area (Å²) in [6, 6.07) is 0. The van der Waals surface area contributed by atoms with E-state index in [0.29, 0.717) is 0 Å². The minimum absolute atomic E-state index is 0.239. The lowest BCUT2D eigenvalue weighted by molar-refractivity contribution is 0.302. The van der Waals surface area contributed by atoms with E-state index in [9.17, 15) is 0 Å². The van der Waals surface area contributed by atoms with Gasteiger partial charge in [-0.05, 0) is 10.9 Å². The Morgan fingerprint density at radius 1 is 1.60 bits per heavy atom. The summed E-state index contributed by atoms with van der Waals surface area (Å²) in [5.41, 5.74) is 0. The second-order valence-corrected chi connectivity index (χ2v) is 3.29. The fourth-order valence-electron chi connectivity index (χ4n) is 0.672. The highest BCUT2D eigenvalue weighted by Gasteiger charge is 1.88. The van der Waals surface area contributed by atoms with Crippen molar-refractivity contribution in [2.75, 3.05) is 6.61 Å². The van der Waals surface area contributed by atoms with Gasteiger partial charge in [0.15, 0.2) is 0 Å². The van der Waals surface area contributed by atoms with Crippen molar-refractivity contribution in [3.63, 3.8) is 0 Å². The molecule has 0 atom stereocenters. The monoisotopic (exact) mass is 206 g/mol. The average molecular weight is 207 g/mol. The number of hydrogen-bond acceptors (Lipinski definition) is 1. The highest BCUT2D eigenvalue weighted by Crippen LogP contribution is 2.11. The molecular formula is C8H15BrO. The highest BCUT2D eigenvalue weighted by molar-refractivity contribution is 9.11. The Kier molecular flexibility index (Phi) is 7.42. The van der Waals surface area contributed by atoms with Gasteiger partial charge in [-0.3, -0.25) is 0 Å². The molecule has 0 aromatic rings. The first-order valence-corrected chi connectivity index (χ1v) is 4.56. The number of aliphatic hydroxyl groups excluding tert-OH is 1. The van der Waals surface area contributed by atoms with Gasteiger partial charge < -0.3 is 5.11 Å². The number of aliphatic hydroxyl groups is 1. The van der Waals surface area contributed by atoms with Crippen molar-refractivity contribution in [2.24, 2.45) is 0 Å². The number of hydrogen-bond donors (Lipinski definition) is 1. The van der Waals surface area contributed by atoms with Crippen molar-refractivity contribution in [1.82, 2.24) is 0 Å². The third-order valence-electron chi connectivity index (χ3n) is 1.27. The Balaban J connectivity index is 3.28. The van der Waals surface area contributed by atoms with E-state index in [0.717, 1.165) is 17.3 Å². The Morgan fingerprint density at radius 2 is 2.30 bits per heavy atom. The molecule has 60 valence electrons. The topological polar surface area (TPSA) is 20.2 Å². The number of unbranched alkanes of at least 4 members (excludes halogenated alkanes) is 2. The molecule has 2 heteroatoms. The molecule has 0 radical (unpaired) electrons. The zero-order valence-corrected chi connectivity index (χ0v) is 8.02. The molecular weight excluding hydrogens is 192 g/mol. The predicted molar refractivity (Wildman–Crippen MR) is 48.2 cm³/mol. The molecule has 0 rings (SSSR count).